The molecular weight excluding hydrogens is 374 g/mol. The van der Waals surface area contributed by atoms with Crippen molar-refractivity contribution in [3.05, 3.63) is 55.1 Å². The number of hydrogen-bond donors (Lipinski definition) is 2. The van der Waals surface area contributed by atoms with Crippen LogP contribution in [0.1, 0.15) is 19.3 Å². The van der Waals surface area contributed by atoms with Crippen LogP contribution in [0.2, 0.25) is 0 Å². The van der Waals surface area contributed by atoms with E-state index < -0.39 is 0 Å². The highest BCUT2D eigenvalue weighted by Crippen LogP contribution is 2.34. The van der Waals surface area contributed by atoms with Gasteiger partial charge in [0.1, 0.15) is 11.3 Å². The highest BCUT2D eigenvalue weighted by Gasteiger charge is 2.18. The first-order valence-electron chi connectivity index (χ1n) is 10.3. The molecule has 1 aliphatic rings. The number of fused-ring (bicyclic) bond motifs is 2. The van der Waals surface area contributed by atoms with E-state index in [1.807, 2.05) is 24.5 Å². The normalized spacial score (nSPS) is 14.6. The SMILES string of the molecule is c1cc(-c2cnc3[nH]nc(-c4cc5c(N6CCCCC6)ccnc5[nH]4)c3c2)ccn1. The van der Waals surface area contributed by atoms with Crippen molar-refractivity contribution in [2.75, 3.05) is 18.0 Å². The molecule has 0 amide bonds. The van der Waals surface area contributed by atoms with Gasteiger partial charge in [0.2, 0.25) is 0 Å². The number of aromatic nitrogens is 6. The Labute approximate surface area is 173 Å². The van der Waals surface area contributed by atoms with E-state index in [4.69, 9.17) is 0 Å². The smallest absolute Gasteiger partial charge is 0.155 e. The largest absolute Gasteiger partial charge is 0.371 e. The molecule has 1 aliphatic heterocycles. The van der Waals surface area contributed by atoms with Crippen molar-refractivity contribution in [3.8, 4) is 22.5 Å². The van der Waals surface area contributed by atoms with E-state index in [-0.39, 0.29) is 0 Å². The summed E-state index contributed by atoms with van der Waals surface area (Å²) in [6, 6.07) is 10.4. The molecule has 5 aromatic heterocycles. The van der Waals surface area contributed by atoms with Gasteiger partial charge in [-0.05, 0) is 55.2 Å². The van der Waals surface area contributed by atoms with Crippen LogP contribution in [0.3, 0.4) is 0 Å². The van der Waals surface area contributed by atoms with Crippen LogP contribution in [0.5, 0.6) is 0 Å². The van der Waals surface area contributed by atoms with E-state index >= 15 is 0 Å². The molecule has 6 heterocycles. The van der Waals surface area contributed by atoms with Crippen LogP contribution in [0.25, 0.3) is 44.6 Å². The molecule has 2 N–H and O–H groups in total. The van der Waals surface area contributed by atoms with Gasteiger partial charge in [0, 0.05) is 59.9 Å². The summed E-state index contributed by atoms with van der Waals surface area (Å²) in [7, 11) is 0. The third kappa shape index (κ3) is 2.82. The van der Waals surface area contributed by atoms with Gasteiger partial charge >= 0.3 is 0 Å². The number of pyridine rings is 3. The first kappa shape index (κ1) is 17.1. The van der Waals surface area contributed by atoms with E-state index in [1.165, 1.54) is 24.9 Å². The van der Waals surface area contributed by atoms with Gasteiger partial charge in [0.05, 0.1) is 5.69 Å². The van der Waals surface area contributed by atoms with Gasteiger partial charge in [-0.3, -0.25) is 10.1 Å². The molecule has 0 bridgehead atoms. The molecule has 0 atom stereocenters. The van der Waals surface area contributed by atoms with Gasteiger partial charge < -0.3 is 9.88 Å². The topological polar surface area (TPSA) is 86.4 Å². The summed E-state index contributed by atoms with van der Waals surface area (Å²) in [4.78, 5) is 19.2. The fourth-order valence-electron chi connectivity index (χ4n) is 4.36. The van der Waals surface area contributed by atoms with Crippen molar-refractivity contribution in [2.45, 2.75) is 19.3 Å². The maximum absolute atomic E-state index is 4.57. The van der Waals surface area contributed by atoms with Crippen LogP contribution in [0, 0.1) is 0 Å². The average Bonchev–Trinajstić information content (AvgIpc) is 3.43. The maximum Gasteiger partial charge on any atom is 0.155 e. The molecule has 0 spiro atoms. The molecule has 30 heavy (non-hydrogen) atoms. The first-order valence-corrected chi connectivity index (χ1v) is 10.3. The Kier molecular flexibility index (Phi) is 3.97. The first-order chi connectivity index (χ1) is 14.9. The summed E-state index contributed by atoms with van der Waals surface area (Å²) in [6.45, 7) is 2.20. The Morgan fingerprint density at radius 3 is 2.53 bits per heavy atom. The minimum atomic E-state index is 0.769. The lowest BCUT2D eigenvalue weighted by atomic mass is 10.1. The van der Waals surface area contributed by atoms with Crippen molar-refractivity contribution in [1.29, 1.82) is 0 Å². The highest BCUT2D eigenvalue weighted by atomic mass is 15.2. The summed E-state index contributed by atoms with van der Waals surface area (Å²) in [5.74, 6) is 0. The average molecular weight is 395 g/mol. The quantitative estimate of drug-likeness (QED) is 0.468. The Morgan fingerprint density at radius 1 is 0.800 bits per heavy atom. The van der Waals surface area contributed by atoms with E-state index in [9.17, 15) is 0 Å². The zero-order chi connectivity index (χ0) is 19.9. The van der Waals surface area contributed by atoms with Crippen LogP contribution in [-0.4, -0.2) is 43.2 Å². The summed E-state index contributed by atoms with van der Waals surface area (Å²) >= 11 is 0. The Balaban J connectivity index is 1.47. The highest BCUT2D eigenvalue weighted by molar-refractivity contribution is 5.98. The van der Waals surface area contributed by atoms with E-state index in [0.29, 0.717) is 0 Å². The lowest BCUT2D eigenvalue weighted by molar-refractivity contribution is 0.579. The van der Waals surface area contributed by atoms with Crippen LogP contribution in [-0.2, 0) is 0 Å². The summed E-state index contributed by atoms with van der Waals surface area (Å²) < 4.78 is 0. The second kappa shape index (κ2) is 6.95. The van der Waals surface area contributed by atoms with Crippen molar-refractivity contribution in [2.24, 2.45) is 0 Å². The van der Waals surface area contributed by atoms with Gasteiger partial charge in [-0.25, -0.2) is 9.97 Å². The molecule has 5 aromatic rings. The van der Waals surface area contributed by atoms with Crippen molar-refractivity contribution in [3.63, 3.8) is 0 Å². The monoisotopic (exact) mass is 395 g/mol. The molecule has 7 heteroatoms. The molecule has 0 aromatic carbocycles. The zero-order valence-corrected chi connectivity index (χ0v) is 16.5. The lowest BCUT2D eigenvalue weighted by Gasteiger charge is -2.29. The molecule has 6 rings (SSSR count). The molecule has 0 saturated carbocycles. The van der Waals surface area contributed by atoms with Gasteiger partial charge in [-0.2, -0.15) is 5.10 Å². The molecule has 0 aliphatic carbocycles. The Bertz CT molecular complexity index is 1330. The van der Waals surface area contributed by atoms with Gasteiger partial charge in [-0.15, -0.1) is 0 Å². The zero-order valence-electron chi connectivity index (χ0n) is 16.5. The number of piperidine rings is 1. The van der Waals surface area contributed by atoms with Crippen molar-refractivity contribution >= 4 is 27.8 Å². The summed E-state index contributed by atoms with van der Waals surface area (Å²) in [6.07, 6.45) is 11.1. The van der Waals surface area contributed by atoms with E-state index in [0.717, 1.165) is 57.7 Å². The third-order valence-electron chi connectivity index (χ3n) is 5.89. The minimum Gasteiger partial charge on any atom is -0.371 e. The van der Waals surface area contributed by atoms with Gasteiger partial charge in [-0.1, -0.05) is 0 Å². The van der Waals surface area contributed by atoms with Crippen LogP contribution < -0.4 is 4.90 Å². The number of nitrogens with one attached hydrogen (secondary N) is 2. The third-order valence-corrected chi connectivity index (χ3v) is 5.89. The number of H-pyrrole nitrogens is 2. The predicted molar refractivity (Wildman–Crippen MR) is 118 cm³/mol. The van der Waals surface area contributed by atoms with E-state index in [2.05, 4.69) is 53.2 Å². The fraction of sp³-hybridized carbons (Fsp3) is 0.217. The Morgan fingerprint density at radius 2 is 1.67 bits per heavy atom. The number of nitrogens with zero attached hydrogens (tertiary/aromatic N) is 5. The van der Waals surface area contributed by atoms with Crippen molar-refractivity contribution in [1.82, 2.24) is 30.1 Å². The Hall–Kier alpha value is -3.74. The second-order valence-corrected chi connectivity index (χ2v) is 7.75. The molecule has 1 fully saturated rings. The molecular formula is C23H21N7. The second-order valence-electron chi connectivity index (χ2n) is 7.75. The molecule has 7 nitrogen and oxygen atoms in total. The summed E-state index contributed by atoms with van der Waals surface area (Å²) in [5.41, 5.74) is 6.83. The molecule has 0 radical (unpaired) electrons. The number of hydrogen-bond acceptors (Lipinski definition) is 5. The van der Waals surface area contributed by atoms with Crippen LogP contribution >= 0.6 is 0 Å². The standard InChI is InChI=1S/C23H21N7/c1-2-10-30(11-3-1)20-6-9-25-22-17(20)13-19(27-22)21-18-12-16(14-26-23(18)29-28-21)15-4-7-24-8-5-15/h4-9,12-14H,1-3,10-11H2,(H,25,27)(H,26,28,29). The molecule has 148 valence electrons. The maximum atomic E-state index is 4.57. The summed E-state index contributed by atoms with van der Waals surface area (Å²) in [5, 5.41) is 9.75. The number of aromatic amines is 2. The number of rotatable bonds is 3. The minimum absolute atomic E-state index is 0.769. The van der Waals surface area contributed by atoms with E-state index in [1.54, 1.807) is 12.4 Å². The predicted octanol–water partition coefficient (Wildman–Crippen LogP) is 4.55. The molecule has 1 saturated heterocycles. The fourth-order valence-corrected chi connectivity index (χ4v) is 4.36. The van der Waals surface area contributed by atoms with Crippen LogP contribution in [0.4, 0.5) is 5.69 Å². The van der Waals surface area contributed by atoms with Gasteiger partial charge in [0.25, 0.3) is 0 Å². The van der Waals surface area contributed by atoms with Gasteiger partial charge in [0.15, 0.2) is 5.65 Å². The number of anilines is 1. The molecule has 0 unspecified atom stereocenters. The van der Waals surface area contributed by atoms with Crippen molar-refractivity contribution < 1.29 is 0 Å². The lowest BCUT2D eigenvalue weighted by Crippen LogP contribution is -2.29. The van der Waals surface area contributed by atoms with Crippen LogP contribution in [0.15, 0.2) is 55.1 Å².